The van der Waals surface area contributed by atoms with Gasteiger partial charge in [0.1, 0.15) is 6.61 Å². The van der Waals surface area contributed by atoms with Gasteiger partial charge in [-0.15, -0.1) is 0 Å². The summed E-state index contributed by atoms with van der Waals surface area (Å²) in [6.07, 6.45) is 49.1. The highest BCUT2D eigenvalue weighted by molar-refractivity contribution is 7.46. The minimum atomic E-state index is -4.77. The Kier molecular flexibility index (Phi) is 36.4. The van der Waals surface area contributed by atoms with Crippen LogP contribution in [0, 0.1) is 0 Å². The van der Waals surface area contributed by atoms with Gasteiger partial charge in [0.25, 0.3) is 0 Å². The second kappa shape index (κ2) is 38.2. The number of phosphoric ester groups is 1. The van der Waals surface area contributed by atoms with Crippen molar-refractivity contribution in [3.05, 3.63) is 72.9 Å². The molecule has 0 spiro atoms. The van der Waals surface area contributed by atoms with E-state index in [0.717, 1.165) is 70.6 Å². The van der Waals surface area contributed by atoms with Crippen LogP contribution in [0.15, 0.2) is 72.9 Å². The van der Waals surface area contributed by atoms with Crippen molar-refractivity contribution in [3.8, 4) is 0 Å². The fourth-order valence-electron chi connectivity index (χ4n) is 5.22. The Hall–Kier alpha value is -2.51. The largest absolute Gasteiger partial charge is 0.469 e. The Morgan fingerprint density at radius 1 is 0.519 bits per heavy atom. The molecule has 0 unspecified atom stereocenters. The molecule has 0 radical (unpaired) electrons. The van der Waals surface area contributed by atoms with Gasteiger partial charge in [-0.05, 0) is 83.5 Å². The van der Waals surface area contributed by atoms with Crippen molar-refractivity contribution in [2.45, 2.75) is 174 Å². The van der Waals surface area contributed by atoms with E-state index < -0.39 is 32.5 Å². The predicted molar refractivity (Wildman–Crippen MR) is 216 cm³/mol. The van der Waals surface area contributed by atoms with Crippen LogP contribution in [0.2, 0.25) is 0 Å². The van der Waals surface area contributed by atoms with Crippen LogP contribution in [0.4, 0.5) is 0 Å². The highest BCUT2D eigenvalue weighted by Gasteiger charge is 2.22. The molecule has 9 heteroatoms. The van der Waals surface area contributed by atoms with Crippen molar-refractivity contribution in [2.24, 2.45) is 0 Å². The monoisotopic (exact) mass is 749 g/mol. The van der Waals surface area contributed by atoms with Gasteiger partial charge in [-0.1, -0.05) is 145 Å². The van der Waals surface area contributed by atoms with Crippen molar-refractivity contribution in [1.82, 2.24) is 0 Å². The number of allylic oxidation sites excluding steroid dienone is 12. The summed E-state index contributed by atoms with van der Waals surface area (Å²) in [7, 11) is -4.77. The van der Waals surface area contributed by atoms with E-state index in [0.29, 0.717) is 12.8 Å². The van der Waals surface area contributed by atoms with Crippen molar-refractivity contribution < 1.29 is 37.9 Å². The lowest BCUT2D eigenvalue weighted by molar-refractivity contribution is -0.161. The van der Waals surface area contributed by atoms with E-state index >= 15 is 0 Å². The smallest absolute Gasteiger partial charge is 0.462 e. The Bertz CT molecular complexity index is 1070. The molecule has 298 valence electrons. The van der Waals surface area contributed by atoms with E-state index in [4.69, 9.17) is 19.3 Å². The third-order valence-corrected chi connectivity index (χ3v) is 8.69. The van der Waals surface area contributed by atoms with Crippen LogP contribution in [0.25, 0.3) is 0 Å². The van der Waals surface area contributed by atoms with Crippen molar-refractivity contribution in [1.29, 1.82) is 0 Å². The molecule has 8 nitrogen and oxygen atoms in total. The highest BCUT2D eigenvalue weighted by atomic mass is 31.2. The molecule has 0 fully saturated rings. The fourth-order valence-corrected chi connectivity index (χ4v) is 5.58. The highest BCUT2D eigenvalue weighted by Crippen LogP contribution is 2.36. The van der Waals surface area contributed by atoms with Gasteiger partial charge in [-0.2, -0.15) is 0 Å². The molecule has 0 aromatic rings. The van der Waals surface area contributed by atoms with Gasteiger partial charge < -0.3 is 19.3 Å². The molecule has 0 amide bonds. The van der Waals surface area contributed by atoms with Crippen molar-refractivity contribution >= 4 is 19.8 Å². The van der Waals surface area contributed by atoms with E-state index in [9.17, 15) is 14.2 Å². The molecular weight excluding hydrogens is 675 g/mol. The Balaban J connectivity index is 4.00. The average molecular weight is 749 g/mol. The number of ether oxygens (including phenoxy) is 2. The summed E-state index contributed by atoms with van der Waals surface area (Å²) < 4.78 is 26.3. The average Bonchev–Trinajstić information content (AvgIpc) is 3.11. The van der Waals surface area contributed by atoms with Crippen LogP contribution < -0.4 is 0 Å². The molecule has 0 aliphatic carbocycles. The molecule has 0 aromatic carbocycles. The normalized spacial score (nSPS) is 13.2. The van der Waals surface area contributed by atoms with Crippen LogP contribution >= 0.6 is 7.82 Å². The van der Waals surface area contributed by atoms with Crippen LogP contribution in [-0.4, -0.2) is 41.0 Å². The zero-order valence-corrected chi connectivity index (χ0v) is 33.6. The van der Waals surface area contributed by atoms with Gasteiger partial charge in [0.05, 0.1) is 6.61 Å². The van der Waals surface area contributed by atoms with Crippen molar-refractivity contribution in [3.63, 3.8) is 0 Å². The van der Waals surface area contributed by atoms with E-state index in [1.807, 2.05) is 0 Å². The van der Waals surface area contributed by atoms with Crippen LogP contribution in [0.5, 0.6) is 0 Å². The third kappa shape index (κ3) is 40.3. The molecule has 52 heavy (non-hydrogen) atoms. The second-order valence-electron chi connectivity index (χ2n) is 13.2. The molecule has 0 bridgehead atoms. The zero-order valence-electron chi connectivity index (χ0n) is 32.7. The molecule has 2 N–H and O–H groups in total. The van der Waals surface area contributed by atoms with Gasteiger partial charge >= 0.3 is 19.8 Å². The summed E-state index contributed by atoms with van der Waals surface area (Å²) in [4.78, 5) is 42.8. The van der Waals surface area contributed by atoms with Gasteiger partial charge in [0.2, 0.25) is 0 Å². The number of unbranched alkanes of at least 4 members (excludes halogenated alkanes) is 14. The number of carbonyl (C=O) groups excluding carboxylic acids is 2. The fraction of sp³-hybridized carbons (Fsp3) is 0.674. The summed E-state index contributed by atoms with van der Waals surface area (Å²) in [6, 6.07) is 0. The minimum Gasteiger partial charge on any atom is -0.462 e. The summed E-state index contributed by atoms with van der Waals surface area (Å²) in [5.41, 5.74) is 0. The van der Waals surface area contributed by atoms with Crippen LogP contribution in [-0.2, 0) is 28.2 Å². The lowest BCUT2D eigenvalue weighted by Crippen LogP contribution is -2.29. The lowest BCUT2D eigenvalue weighted by Gasteiger charge is -2.18. The number of hydrogen-bond acceptors (Lipinski definition) is 6. The van der Waals surface area contributed by atoms with Crippen LogP contribution in [0.3, 0.4) is 0 Å². The standard InChI is InChI=1S/C43H73O8P/c1-3-5-7-9-11-13-15-17-19-20-21-22-24-25-27-29-31-33-35-37-42(44)49-39-41(40-50-52(46,47)48)51-43(45)38-36-34-32-30-28-26-23-18-16-14-12-10-8-6-4-2/h6,8,11-14,17-19,23,28,30,41H,3-5,7,9-10,15-16,20-22,24-27,29,31-40H2,1-2H3,(H2,46,47,48)/b8-6+,13-11+,14-12+,19-17+,23-18+,30-28+/t41-/m1/s1. The summed E-state index contributed by atoms with van der Waals surface area (Å²) in [5, 5.41) is 0. The van der Waals surface area contributed by atoms with E-state index in [2.05, 4.69) is 91.3 Å². The molecule has 0 heterocycles. The van der Waals surface area contributed by atoms with Crippen LogP contribution in [0.1, 0.15) is 168 Å². The molecule has 0 saturated heterocycles. The van der Waals surface area contributed by atoms with E-state index in [-0.39, 0.29) is 19.4 Å². The number of carbonyl (C=O) groups is 2. The maximum atomic E-state index is 12.4. The summed E-state index contributed by atoms with van der Waals surface area (Å²) >= 11 is 0. The van der Waals surface area contributed by atoms with Gasteiger partial charge in [-0.3, -0.25) is 14.1 Å². The predicted octanol–water partition coefficient (Wildman–Crippen LogP) is 12.3. The maximum absolute atomic E-state index is 12.4. The lowest BCUT2D eigenvalue weighted by atomic mass is 10.1. The number of rotatable bonds is 36. The molecular formula is C43H73O8P. The van der Waals surface area contributed by atoms with Crippen molar-refractivity contribution in [2.75, 3.05) is 13.2 Å². The first-order valence-electron chi connectivity index (χ1n) is 20.2. The minimum absolute atomic E-state index is 0.155. The number of esters is 2. The Morgan fingerprint density at radius 2 is 0.923 bits per heavy atom. The van der Waals surface area contributed by atoms with Gasteiger partial charge in [0.15, 0.2) is 6.10 Å². The molecule has 0 aliphatic heterocycles. The SMILES string of the molecule is CC/C=C/C/C=C/C/C=C/C/C=C/CCCCC(=O)O[C@H](COC(=O)CCCCCCCCCCC/C=C/C/C=C/CCCCC)COP(=O)(O)O. The molecule has 1 atom stereocenters. The second-order valence-corrected chi connectivity index (χ2v) is 14.5. The number of hydrogen-bond donors (Lipinski definition) is 2. The third-order valence-electron chi connectivity index (χ3n) is 8.21. The first-order chi connectivity index (χ1) is 25.3. The quantitative estimate of drug-likeness (QED) is 0.0281. The Labute approximate surface area is 317 Å². The summed E-state index contributed by atoms with van der Waals surface area (Å²) in [5.74, 6) is -0.944. The maximum Gasteiger partial charge on any atom is 0.469 e. The van der Waals surface area contributed by atoms with E-state index in [1.54, 1.807) is 0 Å². The number of phosphoric acid groups is 1. The molecule has 0 rings (SSSR count). The first kappa shape index (κ1) is 49.5. The molecule has 0 saturated carbocycles. The topological polar surface area (TPSA) is 119 Å². The first-order valence-corrected chi connectivity index (χ1v) is 21.8. The van der Waals surface area contributed by atoms with Gasteiger partial charge in [-0.25, -0.2) is 4.57 Å². The summed E-state index contributed by atoms with van der Waals surface area (Å²) in [6.45, 7) is 3.50. The van der Waals surface area contributed by atoms with E-state index in [1.165, 1.54) is 57.8 Å². The molecule has 0 aromatic heterocycles. The zero-order chi connectivity index (χ0) is 38.2. The molecule has 0 aliphatic rings. The van der Waals surface area contributed by atoms with Gasteiger partial charge in [0, 0.05) is 12.8 Å². The Morgan fingerprint density at radius 3 is 1.42 bits per heavy atom.